The van der Waals surface area contributed by atoms with Crippen molar-refractivity contribution in [1.29, 1.82) is 0 Å². The number of anilines is 1. The molecule has 3 heteroatoms. The highest BCUT2D eigenvalue weighted by Crippen LogP contribution is 2.48. The Balaban J connectivity index is 1.75. The molecule has 3 aromatic rings. The summed E-state index contributed by atoms with van der Waals surface area (Å²) in [4.78, 5) is 0. The fraction of sp³-hybridized carbons (Fsp3) is 0.130. The Morgan fingerprint density at radius 1 is 0.962 bits per heavy atom. The molecule has 0 spiro atoms. The van der Waals surface area contributed by atoms with E-state index in [1.807, 2.05) is 18.2 Å². The molecule has 1 atom stereocenters. The first kappa shape index (κ1) is 15.1. The molecule has 0 saturated carbocycles. The summed E-state index contributed by atoms with van der Waals surface area (Å²) >= 11 is 0. The molecule has 2 aliphatic heterocycles. The third-order valence-corrected chi connectivity index (χ3v) is 5.17. The molecule has 0 amide bonds. The first-order valence-corrected chi connectivity index (χ1v) is 8.80. The highest BCUT2D eigenvalue weighted by molar-refractivity contribution is 5.89. The van der Waals surface area contributed by atoms with Gasteiger partial charge in [0.15, 0.2) is 0 Å². The van der Waals surface area contributed by atoms with Gasteiger partial charge in [-0.25, -0.2) is 0 Å². The molecule has 3 nitrogen and oxygen atoms in total. The third-order valence-electron chi connectivity index (χ3n) is 5.17. The molecule has 128 valence electrons. The number of benzene rings is 3. The Morgan fingerprint density at radius 2 is 1.77 bits per heavy atom. The Hall–Kier alpha value is -3.20. The minimum absolute atomic E-state index is 0.144. The second-order valence-corrected chi connectivity index (χ2v) is 6.61. The van der Waals surface area contributed by atoms with E-state index in [4.69, 9.17) is 9.47 Å². The van der Waals surface area contributed by atoms with Crippen LogP contribution in [-0.2, 0) is 0 Å². The van der Waals surface area contributed by atoms with E-state index in [0.29, 0.717) is 6.61 Å². The number of ether oxygens (including phenoxy) is 2. The van der Waals surface area contributed by atoms with Gasteiger partial charge < -0.3 is 14.8 Å². The van der Waals surface area contributed by atoms with Crippen molar-refractivity contribution in [3.63, 3.8) is 0 Å². The SMILES string of the molecule is COc1ccc2c(c1)C(c1ccccc1)C1=C(N2)c2ccccc2OC1. The van der Waals surface area contributed by atoms with Crippen molar-refractivity contribution in [3.8, 4) is 11.5 Å². The maximum Gasteiger partial charge on any atom is 0.129 e. The third kappa shape index (κ3) is 2.28. The lowest BCUT2D eigenvalue weighted by atomic mass is 9.79. The average Bonchev–Trinajstić information content (AvgIpc) is 2.72. The molecule has 2 aliphatic rings. The number of para-hydroxylation sites is 1. The van der Waals surface area contributed by atoms with Gasteiger partial charge >= 0.3 is 0 Å². The number of nitrogens with one attached hydrogen (secondary N) is 1. The molecule has 3 aromatic carbocycles. The summed E-state index contributed by atoms with van der Waals surface area (Å²) in [6.45, 7) is 0.579. The normalized spacial score (nSPS) is 17.3. The summed E-state index contributed by atoms with van der Waals surface area (Å²) in [5, 5.41) is 3.65. The summed E-state index contributed by atoms with van der Waals surface area (Å²) in [7, 11) is 1.71. The van der Waals surface area contributed by atoms with Gasteiger partial charge in [0.05, 0.1) is 12.8 Å². The highest BCUT2D eigenvalue weighted by Gasteiger charge is 2.33. The molecular formula is C23H19NO2. The molecule has 0 aromatic heterocycles. The van der Waals surface area contributed by atoms with Crippen molar-refractivity contribution >= 4 is 11.4 Å². The fourth-order valence-corrected chi connectivity index (χ4v) is 3.94. The molecule has 0 saturated heterocycles. The first-order valence-electron chi connectivity index (χ1n) is 8.80. The predicted octanol–water partition coefficient (Wildman–Crippen LogP) is 5.06. The van der Waals surface area contributed by atoms with Crippen LogP contribution in [0.15, 0.2) is 78.4 Å². The molecule has 5 rings (SSSR count). The van der Waals surface area contributed by atoms with E-state index in [1.54, 1.807) is 7.11 Å². The van der Waals surface area contributed by atoms with Crippen LogP contribution in [0.1, 0.15) is 22.6 Å². The number of fused-ring (bicyclic) bond motifs is 3. The van der Waals surface area contributed by atoms with Gasteiger partial charge in [0.1, 0.15) is 18.1 Å². The zero-order valence-electron chi connectivity index (χ0n) is 14.5. The van der Waals surface area contributed by atoms with Gasteiger partial charge in [0.2, 0.25) is 0 Å². The summed E-state index contributed by atoms with van der Waals surface area (Å²) < 4.78 is 11.6. The largest absolute Gasteiger partial charge is 0.497 e. The summed E-state index contributed by atoms with van der Waals surface area (Å²) in [6, 6.07) is 25.1. The predicted molar refractivity (Wildman–Crippen MR) is 104 cm³/mol. The monoisotopic (exact) mass is 341 g/mol. The Labute approximate surface area is 152 Å². The quantitative estimate of drug-likeness (QED) is 0.707. The molecule has 0 radical (unpaired) electrons. The average molecular weight is 341 g/mol. The number of rotatable bonds is 2. The maximum absolute atomic E-state index is 6.09. The number of methoxy groups -OCH3 is 1. The van der Waals surface area contributed by atoms with E-state index in [-0.39, 0.29) is 5.92 Å². The van der Waals surface area contributed by atoms with Crippen LogP contribution in [0.2, 0.25) is 0 Å². The van der Waals surface area contributed by atoms with Crippen LogP contribution in [0.4, 0.5) is 5.69 Å². The van der Waals surface area contributed by atoms with E-state index in [0.717, 1.165) is 22.7 Å². The van der Waals surface area contributed by atoms with Crippen LogP contribution in [0.3, 0.4) is 0 Å². The van der Waals surface area contributed by atoms with Crippen LogP contribution < -0.4 is 14.8 Å². The molecule has 0 bridgehead atoms. The fourth-order valence-electron chi connectivity index (χ4n) is 3.94. The first-order chi connectivity index (χ1) is 12.8. The second kappa shape index (κ2) is 5.95. The van der Waals surface area contributed by atoms with Crippen LogP contribution in [0.25, 0.3) is 5.70 Å². The molecule has 2 heterocycles. The molecule has 1 N–H and O–H groups in total. The van der Waals surface area contributed by atoms with Gasteiger partial charge in [0, 0.05) is 22.7 Å². The molecule has 26 heavy (non-hydrogen) atoms. The lowest BCUT2D eigenvalue weighted by Gasteiger charge is -2.36. The van der Waals surface area contributed by atoms with E-state index in [1.165, 1.54) is 22.4 Å². The van der Waals surface area contributed by atoms with Crippen molar-refractivity contribution in [2.45, 2.75) is 5.92 Å². The van der Waals surface area contributed by atoms with Gasteiger partial charge in [-0.2, -0.15) is 0 Å². The van der Waals surface area contributed by atoms with Crippen LogP contribution in [-0.4, -0.2) is 13.7 Å². The highest BCUT2D eigenvalue weighted by atomic mass is 16.5. The van der Waals surface area contributed by atoms with Crippen molar-refractivity contribution < 1.29 is 9.47 Å². The molecular weight excluding hydrogens is 322 g/mol. The summed E-state index contributed by atoms with van der Waals surface area (Å²) in [5.74, 6) is 1.95. The van der Waals surface area contributed by atoms with Crippen molar-refractivity contribution in [2.24, 2.45) is 0 Å². The summed E-state index contributed by atoms with van der Waals surface area (Å²) in [5.41, 5.74) is 7.15. The van der Waals surface area contributed by atoms with E-state index in [2.05, 4.69) is 59.9 Å². The topological polar surface area (TPSA) is 30.5 Å². The van der Waals surface area contributed by atoms with Gasteiger partial charge in [-0.05, 0) is 41.5 Å². The zero-order chi connectivity index (χ0) is 17.5. The Kier molecular flexibility index (Phi) is 3.45. The van der Waals surface area contributed by atoms with E-state index >= 15 is 0 Å². The lowest BCUT2D eigenvalue weighted by Crippen LogP contribution is -2.25. The van der Waals surface area contributed by atoms with Crippen LogP contribution in [0, 0.1) is 0 Å². The van der Waals surface area contributed by atoms with Gasteiger partial charge in [-0.1, -0.05) is 42.5 Å². The van der Waals surface area contributed by atoms with E-state index in [9.17, 15) is 0 Å². The second-order valence-electron chi connectivity index (χ2n) is 6.61. The van der Waals surface area contributed by atoms with Crippen LogP contribution in [0.5, 0.6) is 11.5 Å². The Bertz CT molecular complexity index is 1010. The van der Waals surface area contributed by atoms with Crippen molar-refractivity contribution in [3.05, 3.63) is 95.1 Å². The lowest BCUT2D eigenvalue weighted by molar-refractivity contribution is 0.339. The smallest absolute Gasteiger partial charge is 0.129 e. The standard InChI is InChI=1S/C23H19NO2/c1-25-16-11-12-20-18(13-16)22(15-7-3-2-4-8-15)19-14-26-21-10-6-5-9-17(21)23(19)24-20/h2-13,22,24H,14H2,1H3. The molecule has 0 aliphatic carbocycles. The van der Waals surface area contributed by atoms with Gasteiger partial charge in [0.25, 0.3) is 0 Å². The zero-order valence-corrected chi connectivity index (χ0v) is 14.5. The van der Waals surface area contributed by atoms with Gasteiger partial charge in [-0.15, -0.1) is 0 Å². The maximum atomic E-state index is 6.09. The number of hydrogen-bond acceptors (Lipinski definition) is 3. The molecule has 1 unspecified atom stereocenters. The van der Waals surface area contributed by atoms with Crippen molar-refractivity contribution in [1.82, 2.24) is 0 Å². The van der Waals surface area contributed by atoms with Gasteiger partial charge in [-0.3, -0.25) is 0 Å². The van der Waals surface area contributed by atoms with E-state index < -0.39 is 0 Å². The minimum atomic E-state index is 0.144. The minimum Gasteiger partial charge on any atom is -0.497 e. The van der Waals surface area contributed by atoms with Crippen molar-refractivity contribution in [2.75, 3.05) is 19.0 Å². The summed E-state index contributed by atoms with van der Waals surface area (Å²) in [6.07, 6.45) is 0. The molecule has 0 fully saturated rings. The number of hydrogen-bond donors (Lipinski definition) is 1. The van der Waals surface area contributed by atoms with Crippen LogP contribution >= 0.6 is 0 Å². The Morgan fingerprint density at radius 3 is 2.62 bits per heavy atom.